The fourth-order valence-corrected chi connectivity index (χ4v) is 3.32. The minimum atomic E-state index is -1.07. The highest BCUT2D eigenvalue weighted by Crippen LogP contribution is 2.35. The third-order valence-electron chi connectivity index (χ3n) is 4.80. The van der Waals surface area contributed by atoms with Crippen molar-refractivity contribution in [3.63, 3.8) is 0 Å². The number of ether oxygens (including phenoxy) is 1. The van der Waals surface area contributed by atoms with E-state index in [2.05, 4.69) is 5.32 Å². The van der Waals surface area contributed by atoms with Crippen LogP contribution in [0.5, 0.6) is 0 Å². The summed E-state index contributed by atoms with van der Waals surface area (Å²) in [6, 6.07) is 7.34. The number of aryl methyl sites for hydroxylation is 1. The molecule has 2 heterocycles. The second-order valence-corrected chi connectivity index (χ2v) is 6.37. The number of carbonyl (C=O) groups excluding carboxylic acids is 1. The van der Waals surface area contributed by atoms with Crippen molar-refractivity contribution in [3.05, 3.63) is 58.8 Å². The van der Waals surface area contributed by atoms with Gasteiger partial charge in [0.15, 0.2) is 0 Å². The first kappa shape index (κ1) is 18.1. The Bertz CT molecular complexity index is 806. The number of halogens is 1. The first-order valence-electron chi connectivity index (χ1n) is 8.37. The van der Waals surface area contributed by atoms with Crippen LogP contribution in [-0.2, 0) is 21.5 Å². The van der Waals surface area contributed by atoms with E-state index < -0.39 is 11.4 Å². The number of benzene rings is 1. The first-order valence-corrected chi connectivity index (χ1v) is 8.37. The Hall–Kier alpha value is -2.67. The Labute approximate surface area is 150 Å². The summed E-state index contributed by atoms with van der Waals surface area (Å²) in [5, 5.41) is 11.9. The highest BCUT2D eigenvalue weighted by atomic mass is 19.1. The van der Waals surface area contributed by atoms with Crippen molar-refractivity contribution >= 4 is 11.9 Å². The number of hydrogen-bond donors (Lipinski definition) is 2. The normalized spacial score (nSPS) is 16.2. The number of hydrogen-bond acceptors (Lipinski definition) is 4. The summed E-state index contributed by atoms with van der Waals surface area (Å²) < 4.78 is 24.1. The number of carboxylic acid groups (broad SMARTS) is 1. The van der Waals surface area contributed by atoms with Crippen LogP contribution in [0.4, 0.5) is 4.39 Å². The van der Waals surface area contributed by atoms with E-state index in [1.54, 1.807) is 19.1 Å². The van der Waals surface area contributed by atoms with Gasteiger partial charge in [0.25, 0.3) is 0 Å². The van der Waals surface area contributed by atoms with E-state index in [0.717, 1.165) is 5.56 Å². The predicted octanol–water partition coefficient (Wildman–Crippen LogP) is 2.79. The standard InChI is InChI=1S/C19H20FNO5/c1-12-16(17(22)23)10-15(26-12)11-21-18(24)19(6-8-25-9-7-19)13-2-4-14(20)5-3-13/h2-5,10H,6-9,11H2,1H3,(H,21,24)(H,22,23). The Morgan fingerprint density at radius 3 is 2.46 bits per heavy atom. The van der Waals surface area contributed by atoms with Gasteiger partial charge in [-0.2, -0.15) is 0 Å². The number of carbonyl (C=O) groups is 2. The lowest BCUT2D eigenvalue weighted by molar-refractivity contribution is -0.130. The summed E-state index contributed by atoms with van der Waals surface area (Å²) in [5.41, 5.74) is 0.0126. The molecule has 1 saturated heterocycles. The number of rotatable bonds is 5. The van der Waals surface area contributed by atoms with Crippen molar-refractivity contribution in [2.75, 3.05) is 13.2 Å². The van der Waals surface area contributed by atoms with E-state index in [1.165, 1.54) is 18.2 Å². The van der Waals surface area contributed by atoms with Gasteiger partial charge >= 0.3 is 5.97 Å². The molecule has 1 aliphatic rings. The molecule has 26 heavy (non-hydrogen) atoms. The minimum Gasteiger partial charge on any atom is -0.478 e. The quantitative estimate of drug-likeness (QED) is 0.855. The number of amides is 1. The topological polar surface area (TPSA) is 88.8 Å². The second kappa shape index (κ2) is 7.29. The maximum atomic E-state index is 13.3. The van der Waals surface area contributed by atoms with Crippen molar-refractivity contribution in [2.45, 2.75) is 31.7 Å². The SMILES string of the molecule is Cc1oc(CNC(=O)C2(c3ccc(F)cc3)CCOCC2)cc1C(=O)O. The average molecular weight is 361 g/mol. The smallest absolute Gasteiger partial charge is 0.339 e. The molecule has 0 bridgehead atoms. The maximum absolute atomic E-state index is 13.3. The molecule has 2 aromatic rings. The van der Waals surface area contributed by atoms with Crippen LogP contribution < -0.4 is 5.32 Å². The highest BCUT2D eigenvalue weighted by molar-refractivity contribution is 5.89. The van der Waals surface area contributed by atoms with Gasteiger partial charge in [0, 0.05) is 13.2 Å². The van der Waals surface area contributed by atoms with Gasteiger partial charge in [0.1, 0.15) is 22.9 Å². The minimum absolute atomic E-state index is 0.0774. The number of aromatic carboxylic acids is 1. The van der Waals surface area contributed by atoms with Crippen LogP contribution >= 0.6 is 0 Å². The van der Waals surface area contributed by atoms with E-state index in [9.17, 15) is 14.0 Å². The van der Waals surface area contributed by atoms with Crippen LogP contribution in [0.1, 0.15) is 40.3 Å². The molecule has 1 amide bonds. The molecule has 1 aromatic heterocycles. The van der Waals surface area contributed by atoms with E-state index in [1.807, 2.05) is 0 Å². The van der Waals surface area contributed by atoms with Gasteiger partial charge < -0.3 is 19.6 Å². The monoisotopic (exact) mass is 361 g/mol. The van der Waals surface area contributed by atoms with Gasteiger partial charge in [-0.15, -0.1) is 0 Å². The second-order valence-electron chi connectivity index (χ2n) is 6.37. The molecule has 1 aromatic carbocycles. The zero-order valence-electron chi connectivity index (χ0n) is 14.4. The summed E-state index contributed by atoms with van der Waals surface area (Å²) in [7, 11) is 0. The summed E-state index contributed by atoms with van der Waals surface area (Å²) in [6.45, 7) is 2.52. The molecule has 6 nitrogen and oxygen atoms in total. The fraction of sp³-hybridized carbons (Fsp3) is 0.368. The van der Waals surface area contributed by atoms with Crippen LogP contribution in [0.3, 0.4) is 0 Å². The van der Waals surface area contributed by atoms with E-state index in [4.69, 9.17) is 14.3 Å². The molecule has 0 spiro atoms. The Balaban J connectivity index is 1.79. The van der Waals surface area contributed by atoms with E-state index >= 15 is 0 Å². The molecule has 0 unspecified atom stereocenters. The lowest BCUT2D eigenvalue weighted by Gasteiger charge is -2.36. The number of furan rings is 1. The van der Waals surface area contributed by atoms with Gasteiger partial charge in [-0.3, -0.25) is 4.79 Å². The zero-order valence-corrected chi connectivity index (χ0v) is 14.4. The van der Waals surface area contributed by atoms with Crippen LogP contribution in [0.2, 0.25) is 0 Å². The van der Waals surface area contributed by atoms with Gasteiger partial charge in [0.2, 0.25) is 5.91 Å². The molecule has 0 atom stereocenters. The van der Waals surface area contributed by atoms with E-state index in [0.29, 0.717) is 37.6 Å². The van der Waals surface area contributed by atoms with Gasteiger partial charge in [-0.25, -0.2) is 9.18 Å². The lowest BCUT2D eigenvalue weighted by atomic mass is 9.73. The van der Waals surface area contributed by atoms with Crippen molar-refractivity contribution in [3.8, 4) is 0 Å². The van der Waals surface area contributed by atoms with Crippen LogP contribution in [0.15, 0.2) is 34.7 Å². The molecule has 7 heteroatoms. The van der Waals surface area contributed by atoms with Gasteiger partial charge in [-0.1, -0.05) is 12.1 Å². The molecule has 0 aliphatic carbocycles. The third-order valence-corrected chi connectivity index (χ3v) is 4.80. The summed E-state index contributed by atoms with van der Waals surface area (Å²) in [4.78, 5) is 24.1. The lowest BCUT2D eigenvalue weighted by Crippen LogP contribution is -2.47. The Kier molecular flexibility index (Phi) is 5.08. The fourth-order valence-electron chi connectivity index (χ4n) is 3.32. The van der Waals surface area contributed by atoms with Gasteiger partial charge in [0.05, 0.1) is 12.0 Å². The molecule has 0 saturated carbocycles. The molecule has 2 N–H and O–H groups in total. The predicted molar refractivity (Wildman–Crippen MR) is 90.4 cm³/mol. The molecule has 1 fully saturated rings. The van der Waals surface area contributed by atoms with Crippen molar-refractivity contribution < 1.29 is 28.2 Å². The zero-order chi connectivity index (χ0) is 18.7. The van der Waals surface area contributed by atoms with Crippen molar-refractivity contribution in [2.24, 2.45) is 0 Å². The van der Waals surface area contributed by atoms with Crippen molar-refractivity contribution in [1.29, 1.82) is 0 Å². The van der Waals surface area contributed by atoms with Crippen LogP contribution in [-0.4, -0.2) is 30.2 Å². The average Bonchev–Trinajstić information content (AvgIpc) is 3.02. The number of nitrogens with one attached hydrogen (secondary N) is 1. The molecular weight excluding hydrogens is 341 g/mol. The van der Waals surface area contributed by atoms with Crippen LogP contribution in [0.25, 0.3) is 0 Å². The Morgan fingerprint density at radius 2 is 1.88 bits per heavy atom. The summed E-state index contributed by atoms with van der Waals surface area (Å²) in [6.07, 6.45) is 0.976. The molecule has 138 valence electrons. The molecular formula is C19H20FNO5. The first-order chi connectivity index (χ1) is 12.4. The van der Waals surface area contributed by atoms with Crippen LogP contribution in [0, 0.1) is 12.7 Å². The maximum Gasteiger partial charge on any atom is 0.339 e. The largest absolute Gasteiger partial charge is 0.478 e. The summed E-state index contributed by atoms with van der Waals surface area (Å²) >= 11 is 0. The molecule has 3 rings (SSSR count). The molecule has 1 aliphatic heterocycles. The van der Waals surface area contributed by atoms with Crippen molar-refractivity contribution in [1.82, 2.24) is 5.32 Å². The third kappa shape index (κ3) is 3.48. The number of carboxylic acids is 1. The highest BCUT2D eigenvalue weighted by Gasteiger charge is 2.41. The van der Waals surface area contributed by atoms with Gasteiger partial charge in [-0.05, 0) is 43.5 Å². The molecule has 0 radical (unpaired) electrons. The van der Waals surface area contributed by atoms with E-state index in [-0.39, 0.29) is 23.8 Å². The summed E-state index contributed by atoms with van der Waals surface area (Å²) in [5.74, 6) is -0.978. The Morgan fingerprint density at radius 1 is 1.23 bits per heavy atom.